The second-order valence-electron chi connectivity index (χ2n) is 6.08. The lowest BCUT2D eigenvalue weighted by Gasteiger charge is -2.59. The first kappa shape index (κ1) is 14.3. The zero-order chi connectivity index (χ0) is 13.9. The van der Waals surface area contributed by atoms with E-state index in [-0.39, 0.29) is 17.2 Å². The summed E-state index contributed by atoms with van der Waals surface area (Å²) in [5.41, 5.74) is 5.07. The number of hydrogen-bond donors (Lipinski definition) is 1. The van der Waals surface area contributed by atoms with Crippen LogP contribution in [0.25, 0.3) is 0 Å². The molecule has 1 aliphatic carbocycles. The van der Waals surface area contributed by atoms with E-state index in [4.69, 9.17) is 10.5 Å². The summed E-state index contributed by atoms with van der Waals surface area (Å²) in [5, 5.41) is 0. The van der Waals surface area contributed by atoms with Gasteiger partial charge in [-0.15, -0.1) is 0 Å². The van der Waals surface area contributed by atoms with Crippen molar-refractivity contribution in [2.24, 2.45) is 17.1 Å². The van der Waals surface area contributed by atoms with Crippen molar-refractivity contribution in [1.29, 1.82) is 0 Å². The lowest BCUT2D eigenvalue weighted by atomic mass is 9.59. The Labute approximate surface area is 115 Å². The zero-order valence-corrected chi connectivity index (χ0v) is 12.0. The lowest BCUT2D eigenvalue weighted by Crippen LogP contribution is -2.66. The molecule has 1 saturated heterocycles. The molecule has 1 fully saturated rings. The van der Waals surface area contributed by atoms with E-state index < -0.39 is 5.60 Å². The number of hydrogen-bond acceptors (Lipinski definition) is 2. The van der Waals surface area contributed by atoms with E-state index in [9.17, 15) is 4.79 Å². The minimum atomic E-state index is -0.500. The SMILES string of the molecule is CCCCCCC1(C)COC12C=CC=CC2C(N)=O. The number of allylic oxidation sites excluding steroid dienone is 2. The van der Waals surface area contributed by atoms with Crippen molar-refractivity contribution >= 4 is 5.91 Å². The summed E-state index contributed by atoms with van der Waals surface area (Å²) in [6.45, 7) is 5.16. The van der Waals surface area contributed by atoms with Gasteiger partial charge in [-0.25, -0.2) is 0 Å². The first-order valence-electron chi connectivity index (χ1n) is 7.35. The van der Waals surface area contributed by atoms with E-state index in [2.05, 4.69) is 13.8 Å². The highest BCUT2D eigenvalue weighted by atomic mass is 16.5. The Morgan fingerprint density at radius 2 is 2.16 bits per heavy atom. The van der Waals surface area contributed by atoms with Gasteiger partial charge in [-0.3, -0.25) is 4.79 Å². The standard InChI is InChI=1S/C16H25NO2/c1-3-4-5-7-10-15(2)12-19-16(15)11-8-6-9-13(16)14(17)18/h6,8-9,11,13H,3-5,7,10,12H2,1-2H3,(H2,17,18). The number of carbonyl (C=O) groups is 1. The topological polar surface area (TPSA) is 52.3 Å². The van der Waals surface area contributed by atoms with Gasteiger partial charge in [0.2, 0.25) is 5.91 Å². The summed E-state index contributed by atoms with van der Waals surface area (Å²) in [7, 11) is 0. The van der Waals surface area contributed by atoms with Gasteiger partial charge in [-0.2, -0.15) is 0 Å². The summed E-state index contributed by atoms with van der Waals surface area (Å²) < 4.78 is 5.87. The summed E-state index contributed by atoms with van der Waals surface area (Å²) in [6.07, 6.45) is 13.8. The van der Waals surface area contributed by atoms with Gasteiger partial charge in [-0.05, 0) is 6.42 Å². The van der Waals surface area contributed by atoms with E-state index in [1.54, 1.807) is 0 Å². The molecule has 0 saturated carbocycles. The van der Waals surface area contributed by atoms with Crippen LogP contribution >= 0.6 is 0 Å². The van der Waals surface area contributed by atoms with Gasteiger partial charge in [0, 0.05) is 5.41 Å². The molecular formula is C16H25NO2. The van der Waals surface area contributed by atoms with Crippen molar-refractivity contribution in [1.82, 2.24) is 0 Å². The molecule has 1 heterocycles. The number of rotatable bonds is 6. The molecule has 0 aromatic rings. The predicted octanol–water partition coefficient (Wildman–Crippen LogP) is 2.96. The van der Waals surface area contributed by atoms with Crippen LogP contribution in [-0.4, -0.2) is 18.1 Å². The molecule has 0 radical (unpaired) electrons. The van der Waals surface area contributed by atoms with Crippen LogP contribution in [0.15, 0.2) is 24.3 Å². The molecule has 2 aliphatic rings. The van der Waals surface area contributed by atoms with Gasteiger partial charge in [0.15, 0.2) is 0 Å². The van der Waals surface area contributed by atoms with Crippen molar-refractivity contribution in [3.63, 3.8) is 0 Å². The summed E-state index contributed by atoms with van der Waals surface area (Å²) in [4.78, 5) is 11.7. The van der Waals surface area contributed by atoms with Crippen LogP contribution in [0.2, 0.25) is 0 Å². The highest BCUT2D eigenvalue weighted by Crippen LogP contribution is 2.54. The average molecular weight is 263 g/mol. The van der Waals surface area contributed by atoms with Gasteiger partial charge < -0.3 is 10.5 Å². The summed E-state index contributed by atoms with van der Waals surface area (Å²) >= 11 is 0. The molecule has 1 aliphatic heterocycles. The van der Waals surface area contributed by atoms with Gasteiger partial charge in [0.25, 0.3) is 0 Å². The van der Waals surface area contributed by atoms with Crippen molar-refractivity contribution in [2.75, 3.05) is 6.61 Å². The highest BCUT2D eigenvalue weighted by Gasteiger charge is 2.61. The minimum absolute atomic E-state index is 0.0295. The Balaban J connectivity index is 2.07. The van der Waals surface area contributed by atoms with Crippen LogP contribution in [-0.2, 0) is 9.53 Å². The van der Waals surface area contributed by atoms with E-state index in [1.165, 1.54) is 25.7 Å². The fourth-order valence-electron chi connectivity index (χ4n) is 3.34. The van der Waals surface area contributed by atoms with Crippen LogP contribution in [0.4, 0.5) is 0 Å². The molecule has 3 atom stereocenters. The molecule has 1 spiro atoms. The third-order valence-corrected chi connectivity index (χ3v) is 4.68. The van der Waals surface area contributed by atoms with Crippen molar-refractivity contribution in [3.05, 3.63) is 24.3 Å². The molecule has 3 nitrogen and oxygen atoms in total. The third-order valence-electron chi connectivity index (χ3n) is 4.68. The van der Waals surface area contributed by atoms with Crippen molar-refractivity contribution in [2.45, 2.75) is 51.6 Å². The maximum atomic E-state index is 11.7. The number of ether oxygens (including phenoxy) is 1. The molecule has 0 bridgehead atoms. The Kier molecular flexibility index (Phi) is 4.14. The van der Waals surface area contributed by atoms with Crippen LogP contribution in [0.1, 0.15) is 46.0 Å². The summed E-state index contributed by atoms with van der Waals surface area (Å²) in [6, 6.07) is 0. The highest BCUT2D eigenvalue weighted by molar-refractivity contribution is 5.81. The smallest absolute Gasteiger partial charge is 0.227 e. The molecule has 1 amide bonds. The van der Waals surface area contributed by atoms with Gasteiger partial charge in [0.05, 0.1) is 12.5 Å². The second kappa shape index (κ2) is 5.49. The molecule has 0 aromatic carbocycles. The number of amides is 1. The quantitative estimate of drug-likeness (QED) is 0.749. The normalized spacial score (nSPS) is 36.4. The maximum Gasteiger partial charge on any atom is 0.227 e. The van der Waals surface area contributed by atoms with E-state index in [1.807, 2.05) is 24.3 Å². The largest absolute Gasteiger partial charge is 0.369 e. The molecule has 2 N–H and O–H groups in total. The van der Waals surface area contributed by atoms with Crippen LogP contribution in [0.5, 0.6) is 0 Å². The first-order chi connectivity index (χ1) is 9.06. The first-order valence-corrected chi connectivity index (χ1v) is 7.35. The molecule has 3 heteroatoms. The second-order valence-corrected chi connectivity index (χ2v) is 6.08. The van der Waals surface area contributed by atoms with Crippen LogP contribution in [0, 0.1) is 11.3 Å². The van der Waals surface area contributed by atoms with E-state index in [0.29, 0.717) is 0 Å². The summed E-state index contributed by atoms with van der Waals surface area (Å²) in [5.74, 6) is -0.623. The lowest BCUT2D eigenvalue weighted by molar-refractivity contribution is -0.251. The Morgan fingerprint density at radius 3 is 2.74 bits per heavy atom. The van der Waals surface area contributed by atoms with Gasteiger partial charge in [0.1, 0.15) is 5.60 Å². The third kappa shape index (κ3) is 2.36. The molecule has 2 rings (SSSR count). The van der Waals surface area contributed by atoms with Gasteiger partial charge >= 0.3 is 0 Å². The van der Waals surface area contributed by atoms with E-state index in [0.717, 1.165) is 13.0 Å². The molecule has 3 unspecified atom stereocenters. The molecular weight excluding hydrogens is 238 g/mol. The van der Waals surface area contributed by atoms with E-state index >= 15 is 0 Å². The van der Waals surface area contributed by atoms with Crippen molar-refractivity contribution in [3.8, 4) is 0 Å². The van der Waals surface area contributed by atoms with Gasteiger partial charge in [-0.1, -0.05) is 63.8 Å². The predicted molar refractivity (Wildman–Crippen MR) is 76.5 cm³/mol. The number of primary amides is 1. The van der Waals surface area contributed by atoms with Crippen LogP contribution < -0.4 is 5.73 Å². The minimum Gasteiger partial charge on any atom is -0.369 e. The average Bonchev–Trinajstić information content (AvgIpc) is 2.42. The number of unbranched alkanes of at least 4 members (excludes halogenated alkanes) is 3. The molecule has 106 valence electrons. The molecule has 19 heavy (non-hydrogen) atoms. The fraction of sp³-hybridized carbons (Fsp3) is 0.688. The van der Waals surface area contributed by atoms with Crippen LogP contribution in [0.3, 0.4) is 0 Å². The Bertz CT molecular complexity index is 402. The molecule has 0 aromatic heterocycles. The monoisotopic (exact) mass is 263 g/mol. The zero-order valence-electron chi connectivity index (χ0n) is 12.0. The Morgan fingerprint density at radius 1 is 1.37 bits per heavy atom. The Hall–Kier alpha value is -1.09. The maximum absolute atomic E-state index is 11.7. The van der Waals surface area contributed by atoms with Crippen molar-refractivity contribution < 1.29 is 9.53 Å². The number of nitrogens with two attached hydrogens (primary N) is 1. The number of carbonyl (C=O) groups excluding carboxylic acids is 1. The fourth-order valence-corrected chi connectivity index (χ4v) is 3.34.